The number of hydrogen-bond donors (Lipinski definition) is 3. The number of carbonyl (C=O) groups excluding carboxylic acids is 3. The molecule has 0 fully saturated rings. The lowest BCUT2D eigenvalue weighted by Crippen LogP contribution is -2.42. The lowest BCUT2D eigenvalue weighted by Gasteiger charge is -2.29. The van der Waals surface area contributed by atoms with Crippen LogP contribution in [0.1, 0.15) is 62.9 Å². The molecule has 2 heterocycles. The Balaban J connectivity index is 1.28. The third-order valence-electron chi connectivity index (χ3n) is 7.45. The molecule has 216 valence electrons. The maximum absolute atomic E-state index is 13.2. The molecule has 0 aliphatic carbocycles. The highest BCUT2D eigenvalue weighted by atomic mass is 35.5. The van der Waals surface area contributed by atoms with Crippen LogP contribution in [0, 0.1) is 0 Å². The second-order valence-electron chi connectivity index (χ2n) is 10.5. The largest absolute Gasteiger partial charge is 0.480 e. The van der Waals surface area contributed by atoms with Crippen LogP contribution in [0.2, 0.25) is 5.02 Å². The molecule has 3 aromatic carbocycles. The van der Waals surface area contributed by atoms with E-state index in [4.69, 9.17) is 16.0 Å². The molecule has 1 aliphatic rings. The minimum absolute atomic E-state index is 0.0468. The van der Waals surface area contributed by atoms with Crippen LogP contribution in [-0.4, -0.2) is 46.3 Å². The standard InChI is InChI=1S/C32H30ClN3O6/c1-18(34-19(2)37)22-5-3-4-20(12-22)13-28(32(40)41)35-30(38)26-14-23-8-10-36(17-25(23)15-27(26)33)31(39)24-7-6-21-9-11-42-29(21)16-24/h3-7,9,11-12,14-16,18,28H,8,10,13,17H2,1-2H3,(H,34,37)(H,35,38)(H,40,41)/t18?,28-/m0/s1. The third-order valence-corrected chi connectivity index (χ3v) is 7.76. The van der Waals surface area contributed by atoms with Crippen LogP contribution < -0.4 is 10.6 Å². The van der Waals surface area contributed by atoms with Gasteiger partial charge in [0.25, 0.3) is 11.8 Å². The van der Waals surface area contributed by atoms with E-state index in [1.807, 2.05) is 31.2 Å². The van der Waals surface area contributed by atoms with Crippen molar-refractivity contribution in [2.75, 3.05) is 6.54 Å². The Bertz CT molecular complexity index is 1700. The number of nitrogens with one attached hydrogen (secondary N) is 2. The van der Waals surface area contributed by atoms with Crippen LogP contribution in [0.25, 0.3) is 11.0 Å². The molecule has 42 heavy (non-hydrogen) atoms. The van der Waals surface area contributed by atoms with E-state index in [2.05, 4.69) is 10.6 Å². The zero-order valence-corrected chi connectivity index (χ0v) is 23.9. The van der Waals surface area contributed by atoms with Gasteiger partial charge in [0, 0.05) is 37.4 Å². The van der Waals surface area contributed by atoms with E-state index in [9.17, 15) is 24.3 Å². The maximum atomic E-state index is 13.2. The summed E-state index contributed by atoms with van der Waals surface area (Å²) < 4.78 is 5.43. The average Bonchev–Trinajstić information content (AvgIpc) is 3.43. The summed E-state index contributed by atoms with van der Waals surface area (Å²) in [5, 5.41) is 16.4. The van der Waals surface area contributed by atoms with Gasteiger partial charge in [-0.05, 0) is 65.9 Å². The van der Waals surface area contributed by atoms with Crippen molar-refractivity contribution >= 4 is 46.3 Å². The number of rotatable bonds is 8. The van der Waals surface area contributed by atoms with Crippen molar-refractivity contribution in [1.82, 2.24) is 15.5 Å². The summed E-state index contributed by atoms with van der Waals surface area (Å²) in [6.45, 7) is 4.05. The van der Waals surface area contributed by atoms with Crippen LogP contribution in [0.4, 0.5) is 0 Å². The quantitative estimate of drug-likeness (QED) is 0.269. The number of aliphatic carboxylic acids is 1. The van der Waals surface area contributed by atoms with E-state index in [-0.39, 0.29) is 34.9 Å². The number of furan rings is 1. The molecule has 0 saturated heterocycles. The summed E-state index contributed by atoms with van der Waals surface area (Å²) in [4.78, 5) is 51.6. The monoisotopic (exact) mass is 587 g/mol. The van der Waals surface area contributed by atoms with E-state index in [1.165, 1.54) is 6.92 Å². The van der Waals surface area contributed by atoms with Crippen molar-refractivity contribution in [1.29, 1.82) is 0 Å². The molecule has 0 saturated carbocycles. The van der Waals surface area contributed by atoms with Crippen LogP contribution in [-0.2, 0) is 29.0 Å². The smallest absolute Gasteiger partial charge is 0.326 e. The SMILES string of the molecule is CC(=O)NC(C)c1cccc(C[C@H](NC(=O)c2cc3c(cc2Cl)CN(C(=O)c2ccc4ccoc4c2)CC3)C(=O)O)c1. The molecule has 0 radical (unpaired) electrons. The van der Waals surface area contributed by atoms with Crippen LogP contribution in [0.3, 0.4) is 0 Å². The van der Waals surface area contributed by atoms with Gasteiger partial charge < -0.3 is 25.1 Å². The number of fused-ring (bicyclic) bond motifs is 2. The van der Waals surface area contributed by atoms with Gasteiger partial charge in [-0.25, -0.2) is 4.79 Å². The van der Waals surface area contributed by atoms with Gasteiger partial charge in [-0.1, -0.05) is 41.9 Å². The molecule has 3 N–H and O–H groups in total. The molecule has 1 aromatic heterocycles. The number of amides is 3. The molecule has 5 rings (SSSR count). The number of carboxylic acid groups (broad SMARTS) is 1. The summed E-state index contributed by atoms with van der Waals surface area (Å²) in [6.07, 6.45) is 2.15. The normalized spacial score (nSPS) is 14.1. The summed E-state index contributed by atoms with van der Waals surface area (Å²) in [6, 6.07) is 16.3. The Labute approximate surface area is 247 Å². The van der Waals surface area contributed by atoms with Gasteiger partial charge in [-0.3, -0.25) is 14.4 Å². The highest BCUT2D eigenvalue weighted by molar-refractivity contribution is 6.34. The summed E-state index contributed by atoms with van der Waals surface area (Å²) >= 11 is 6.51. The van der Waals surface area contributed by atoms with Crippen LogP contribution in [0.15, 0.2) is 71.3 Å². The van der Waals surface area contributed by atoms with Gasteiger partial charge in [0.05, 0.1) is 22.9 Å². The van der Waals surface area contributed by atoms with Gasteiger partial charge in [-0.15, -0.1) is 0 Å². The highest BCUT2D eigenvalue weighted by Crippen LogP contribution is 2.28. The van der Waals surface area contributed by atoms with Crippen LogP contribution in [0.5, 0.6) is 0 Å². The van der Waals surface area contributed by atoms with Gasteiger partial charge in [0.1, 0.15) is 11.6 Å². The molecule has 4 aromatic rings. The fraction of sp³-hybridized carbons (Fsp3) is 0.250. The Morgan fingerprint density at radius 1 is 1.02 bits per heavy atom. The zero-order chi connectivity index (χ0) is 30.0. The molecule has 0 spiro atoms. The van der Waals surface area contributed by atoms with E-state index >= 15 is 0 Å². The molecule has 2 atom stereocenters. The topological polar surface area (TPSA) is 129 Å². The third kappa shape index (κ3) is 6.31. The zero-order valence-electron chi connectivity index (χ0n) is 23.1. The van der Waals surface area contributed by atoms with Gasteiger partial charge in [0.2, 0.25) is 5.91 Å². The fourth-order valence-electron chi connectivity index (χ4n) is 5.25. The van der Waals surface area contributed by atoms with Crippen molar-refractivity contribution in [3.8, 4) is 0 Å². The van der Waals surface area contributed by atoms with Crippen molar-refractivity contribution in [2.24, 2.45) is 0 Å². The second-order valence-corrected chi connectivity index (χ2v) is 10.9. The van der Waals surface area contributed by atoms with Crippen LogP contribution >= 0.6 is 11.6 Å². The van der Waals surface area contributed by atoms with E-state index < -0.39 is 17.9 Å². The first-order valence-corrected chi connectivity index (χ1v) is 13.9. The van der Waals surface area contributed by atoms with Gasteiger partial charge in [-0.2, -0.15) is 0 Å². The van der Waals surface area contributed by atoms with E-state index in [1.54, 1.807) is 47.6 Å². The predicted octanol–water partition coefficient (Wildman–Crippen LogP) is 4.91. The number of benzene rings is 3. The molecular weight excluding hydrogens is 558 g/mol. The van der Waals surface area contributed by atoms with Crippen molar-refractivity contribution in [2.45, 2.75) is 45.3 Å². The van der Waals surface area contributed by atoms with Crippen molar-refractivity contribution < 1.29 is 28.7 Å². The summed E-state index contributed by atoms with van der Waals surface area (Å²) in [5.74, 6) is -2.07. The van der Waals surface area contributed by atoms with Crippen molar-refractivity contribution in [3.05, 3.63) is 105 Å². The summed E-state index contributed by atoms with van der Waals surface area (Å²) in [7, 11) is 0. The molecule has 1 unspecified atom stereocenters. The van der Waals surface area contributed by atoms with Gasteiger partial charge >= 0.3 is 5.97 Å². The van der Waals surface area contributed by atoms with E-state index in [0.717, 1.165) is 22.1 Å². The first-order valence-electron chi connectivity index (χ1n) is 13.6. The highest BCUT2D eigenvalue weighted by Gasteiger charge is 2.27. The van der Waals surface area contributed by atoms with Gasteiger partial charge in [0.15, 0.2) is 0 Å². The molecule has 0 bridgehead atoms. The van der Waals surface area contributed by atoms with Crippen molar-refractivity contribution in [3.63, 3.8) is 0 Å². The number of halogens is 1. The maximum Gasteiger partial charge on any atom is 0.326 e. The minimum Gasteiger partial charge on any atom is -0.480 e. The van der Waals surface area contributed by atoms with E-state index in [0.29, 0.717) is 36.2 Å². The molecular formula is C32H30ClN3O6. The number of carboxylic acids is 1. The Kier molecular flexibility index (Phi) is 8.31. The first-order chi connectivity index (χ1) is 20.1. The molecule has 1 aliphatic heterocycles. The lowest BCUT2D eigenvalue weighted by molar-refractivity contribution is -0.139. The molecule has 10 heteroatoms. The molecule has 3 amide bonds. The molecule has 9 nitrogen and oxygen atoms in total. The number of hydrogen-bond acceptors (Lipinski definition) is 5. The predicted molar refractivity (Wildman–Crippen MR) is 157 cm³/mol. The fourth-order valence-corrected chi connectivity index (χ4v) is 5.52. The summed E-state index contributed by atoms with van der Waals surface area (Å²) in [5.41, 5.74) is 4.58. The number of nitrogens with zero attached hydrogens (tertiary/aromatic N) is 1. The lowest BCUT2D eigenvalue weighted by atomic mass is 9.96. The Hall–Kier alpha value is -4.63. The Morgan fingerprint density at radius 3 is 2.60 bits per heavy atom. The number of carbonyl (C=O) groups is 4. The first kappa shape index (κ1) is 28.9. The second kappa shape index (κ2) is 12.1. The minimum atomic E-state index is -1.20. The average molecular weight is 588 g/mol. The Morgan fingerprint density at radius 2 is 1.83 bits per heavy atom.